The number of aromatic nitrogens is 1. The Hall–Kier alpha value is -0.800. The first-order valence-electron chi connectivity index (χ1n) is 6.10. The number of pyridine rings is 1. The summed E-state index contributed by atoms with van der Waals surface area (Å²) in [4.78, 5) is 9.06. The molecule has 1 unspecified atom stereocenters. The van der Waals surface area contributed by atoms with E-state index < -0.39 is 0 Å². The van der Waals surface area contributed by atoms with Gasteiger partial charge in [-0.3, -0.25) is 0 Å². The summed E-state index contributed by atoms with van der Waals surface area (Å²) < 4.78 is 0. The summed E-state index contributed by atoms with van der Waals surface area (Å²) in [5.74, 6) is 2.30. The summed E-state index contributed by atoms with van der Waals surface area (Å²) in [6.45, 7) is 3.46. The van der Waals surface area contributed by atoms with E-state index in [2.05, 4.69) is 28.9 Å². The van der Waals surface area contributed by atoms with Crippen LogP contribution in [-0.2, 0) is 5.88 Å². The third-order valence-electron chi connectivity index (χ3n) is 3.39. The molecule has 0 saturated carbocycles. The molecule has 0 amide bonds. The van der Waals surface area contributed by atoms with Crippen LogP contribution in [0.4, 0.5) is 5.82 Å². The van der Waals surface area contributed by atoms with E-state index in [-0.39, 0.29) is 0 Å². The van der Waals surface area contributed by atoms with Gasteiger partial charge in [0, 0.05) is 31.9 Å². The van der Waals surface area contributed by atoms with Crippen LogP contribution in [0.2, 0.25) is 0 Å². The topological polar surface area (TPSA) is 19.4 Å². The molecule has 0 radical (unpaired) electrons. The highest BCUT2D eigenvalue weighted by Gasteiger charge is 2.21. The third kappa shape index (κ3) is 3.11. The Morgan fingerprint density at radius 1 is 1.59 bits per heavy atom. The van der Waals surface area contributed by atoms with Crippen molar-refractivity contribution in [1.29, 1.82) is 0 Å². The highest BCUT2D eigenvalue weighted by Crippen LogP contribution is 2.21. The Morgan fingerprint density at radius 3 is 3.06 bits per heavy atom. The van der Waals surface area contributed by atoms with Gasteiger partial charge in [0.1, 0.15) is 5.82 Å². The molecule has 94 valence electrons. The lowest BCUT2D eigenvalue weighted by molar-refractivity contribution is 0.395. The number of alkyl halides is 1. The second kappa shape index (κ2) is 5.69. The van der Waals surface area contributed by atoms with Crippen molar-refractivity contribution in [3.8, 4) is 0 Å². The van der Waals surface area contributed by atoms with Crippen molar-refractivity contribution in [2.24, 2.45) is 5.92 Å². The van der Waals surface area contributed by atoms with Crippen LogP contribution in [-0.4, -0.2) is 43.6 Å². The van der Waals surface area contributed by atoms with Crippen LogP contribution < -0.4 is 4.90 Å². The molecular formula is C13H20ClN3. The number of hydrogen-bond donors (Lipinski definition) is 0. The molecular weight excluding hydrogens is 234 g/mol. The van der Waals surface area contributed by atoms with Gasteiger partial charge in [-0.15, -0.1) is 11.6 Å². The van der Waals surface area contributed by atoms with E-state index in [1.807, 2.05) is 18.3 Å². The van der Waals surface area contributed by atoms with Gasteiger partial charge < -0.3 is 9.80 Å². The molecule has 0 spiro atoms. The van der Waals surface area contributed by atoms with E-state index in [4.69, 9.17) is 11.6 Å². The average molecular weight is 254 g/mol. The largest absolute Gasteiger partial charge is 0.359 e. The molecule has 1 atom stereocenters. The zero-order chi connectivity index (χ0) is 12.3. The highest BCUT2D eigenvalue weighted by atomic mass is 35.5. The molecule has 4 heteroatoms. The fourth-order valence-corrected chi connectivity index (χ4v) is 2.74. The molecule has 2 heterocycles. The smallest absolute Gasteiger partial charge is 0.132 e. The summed E-state index contributed by atoms with van der Waals surface area (Å²) >= 11 is 5.94. The van der Waals surface area contributed by atoms with E-state index in [1.165, 1.54) is 19.5 Å². The first kappa shape index (κ1) is 12.7. The maximum atomic E-state index is 5.94. The molecule has 3 nitrogen and oxygen atoms in total. The predicted octanol–water partition coefficient (Wildman–Crippen LogP) is 2.21. The van der Waals surface area contributed by atoms with E-state index in [1.54, 1.807) is 0 Å². The summed E-state index contributed by atoms with van der Waals surface area (Å²) in [5.41, 5.74) is 1.11. The van der Waals surface area contributed by atoms with Crippen molar-refractivity contribution in [3.63, 3.8) is 0 Å². The first-order chi connectivity index (χ1) is 8.20. The molecule has 0 N–H and O–H groups in total. The Kier molecular flexibility index (Phi) is 4.24. The summed E-state index contributed by atoms with van der Waals surface area (Å²) in [6, 6.07) is 3.99. The van der Waals surface area contributed by atoms with Crippen molar-refractivity contribution < 1.29 is 0 Å². The molecule has 1 saturated heterocycles. The fraction of sp³-hybridized carbons (Fsp3) is 0.615. The van der Waals surface area contributed by atoms with Crippen LogP contribution in [0, 0.1) is 5.92 Å². The molecule has 0 bridgehead atoms. The van der Waals surface area contributed by atoms with Crippen molar-refractivity contribution in [2.75, 3.05) is 38.6 Å². The lowest BCUT2D eigenvalue weighted by atomic mass is 10.1. The normalized spacial score (nSPS) is 20.8. The predicted molar refractivity (Wildman–Crippen MR) is 72.7 cm³/mol. The number of hydrogen-bond acceptors (Lipinski definition) is 3. The van der Waals surface area contributed by atoms with Crippen LogP contribution in [0.1, 0.15) is 12.0 Å². The zero-order valence-corrected chi connectivity index (χ0v) is 11.3. The minimum Gasteiger partial charge on any atom is -0.359 e. The van der Waals surface area contributed by atoms with Gasteiger partial charge in [-0.1, -0.05) is 6.07 Å². The van der Waals surface area contributed by atoms with Gasteiger partial charge in [-0.05, 0) is 32.0 Å². The number of anilines is 1. The minimum atomic E-state index is 0.526. The number of halogens is 1. The number of nitrogens with zero attached hydrogens (tertiary/aromatic N) is 3. The Labute approximate surface area is 108 Å². The zero-order valence-electron chi connectivity index (χ0n) is 10.6. The van der Waals surface area contributed by atoms with E-state index in [0.717, 1.165) is 23.8 Å². The molecule has 2 rings (SSSR count). The highest BCUT2D eigenvalue weighted by molar-refractivity contribution is 6.17. The summed E-state index contributed by atoms with van der Waals surface area (Å²) in [7, 11) is 4.29. The van der Waals surface area contributed by atoms with Crippen molar-refractivity contribution >= 4 is 17.4 Å². The number of likely N-dealkylation sites (tertiary alicyclic amines) is 1. The van der Waals surface area contributed by atoms with Crippen LogP contribution in [0.15, 0.2) is 18.3 Å². The van der Waals surface area contributed by atoms with Gasteiger partial charge >= 0.3 is 0 Å². The Balaban J connectivity index is 2.01. The van der Waals surface area contributed by atoms with Gasteiger partial charge in [0.05, 0.1) is 5.88 Å². The second-order valence-electron chi connectivity index (χ2n) is 4.92. The van der Waals surface area contributed by atoms with Gasteiger partial charge in [0.15, 0.2) is 0 Å². The quantitative estimate of drug-likeness (QED) is 0.767. The van der Waals surface area contributed by atoms with E-state index in [0.29, 0.717) is 5.88 Å². The van der Waals surface area contributed by atoms with Gasteiger partial charge in [0.25, 0.3) is 0 Å². The molecule has 1 aromatic heterocycles. The van der Waals surface area contributed by atoms with Crippen LogP contribution in [0.25, 0.3) is 0 Å². The molecule has 17 heavy (non-hydrogen) atoms. The summed E-state index contributed by atoms with van der Waals surface area (Å²) in [6.07, 6.45) is 3.12. The minimum absolute atomic E-state index is 0.526. The molecule has 0 aliphatic carbocycles. The Morgan fingerprint density at radius 2 is 2.41 bits per heavy atom. The van der Waals surface area contributed by atoms with Gasteiger partial charge in [-0.25, -0.2) is 4.98 Å². The average Bonchev–Trinajstić information content (AvgIpc) is 2.74. The van der Waals surface area contributed by atoms with Crippen LogP contribution >= 0.6 is 11.6 Å². The maximum Gasteiger partial charge on any atom is 0.132 e. The van der Waals surface area contributed by atoms with Crippen LogP contribution in [0.3, 0.4) is 0 Å². The Bertz CT molecular complexity index is 369. The van der Waals surface area contributed by atoms with Gasteiger partial charge in [0.2, 0.25) is 0 Å². The van der Waals surface area contributed by atoms with Gasteiger partial charge in [-0.2, -0.15) is 0 Å². The molecule has 1 aliphatic heterocycles. The maximum absolute atomic E-state index is 5.94. The van der Waals surface area contributed by atoms with E-state index >= 15 is 0 Å². The van der Waals surface area contributed by atoms with Crippen molar-refractivity contribution in [3.05, 3.63) is 23.9 Å². The van der Waals surface area contributed by atoms with Crippen molar-refractivity contribution in [1.82, 2.24) is 9.88 Å². The lowest BCUT2D eigenvalue weighted by Gasteiger charge is -2.23. The molecule has 1 fully saturated rings. The first-order valence-corrected chi connectivity index (χ1v) is 6.63. The molecule has 1 aliphatic rings. The monoisotopic (exact) mass is 253 g/mol. The fourth-order valence-electron chi connectivity index (χ4n) is 2.53. The van der Waals surface area contributed by atoms with Crippen LogP contribution in [0.5, 0.6) is 0 Å². The SMILES string of the molecule is CN1CCC(CN(C)c2ncccc2CCl)C1. The standard InChI is InChI=1S/C13H20ClN3/c1-16-7-5-11(9-16)10-17(2)13-12(8-14)4-3-6-15-13/h3-4,6,11H,5,7-10H2,1-2H3. The van der Waals surface area contributed by atoms with Crippen molar-refractivity contribution in [2.45, 2.75) is 12.3 Å². The molecule has 1 aromatic rings. The number of rotatable bonds is 4. The molecule has 0 aromatic carbocycles. The lowest BCUT2D eigenvalue weighted by Crippen LogP contribution is -2.28. The third-order valence-corrected chi connectivity index (χ3v) is 3.68. The second-order valence-corrected chi connectivity index (χ2v) is 5.18. The summed E-state index contributed by atoms with van der Waals surface area (Å²) in [5, 5.41) is 0. The van der Waals surface area contributed by atoms with E-state index in [9.17, 15) is 0 Å².